The van der Waals surface area contributed by atoms with Gasteiger partial charge >= 0.3 is 0 Å². The number of nitrogens with one attached hydrogen (secondary N) is 1. The van der Waals surface area contributed by atoms with Crippen molar-refractivity contribution in [1.29, 1.82) is 0 Å². The van der Waals surface area contributed by atoms with E-state index in [4.69, 9.17) is 0 Å². The third-order valence-electron chi connectivity index (χ3n) is 3.52. The Balaban J connectivity index is 1.64. The number of benzene rings is 1. The molecule has 3 aromatic rings. The first-order valence-corrected chi connectivity index (χ1v) is 10.6. The highest BCUT2D eigenvalue weighted by atomic mass is 32.2. The van der Waals surface area contributed by atoms with Gasteiger partial charge in [0.25, 0.3) is 5.91 Å². The normalized spacial score (nSPS) is 10.6. The number of hydrogen-bond acceptors (Lipinski definition) is 5. The van der Waals surface area contributed by atoms with Crippen molar-refractivity contribution >= 4 is 46.1 Å². The Hall–Kier alpha value is -1.89. The molecule has 1 N–H and O–H groups in total. The number of thiophene rings is 2. The second kappa shape index (κ2) is 8.47. The maximum atomic E-state index is 12.5. The molecule has 0 atom stereocenters. The maximum absolute atomic E-state index is 12.5. The van der Waals surface area contributed by atoms with Gasteiger partial charge in [0.1, 0.15) is 0 Å². The molecule has 0 unspecified atom stereocenters. The summed E-state index contributed by atoms with van der Waals surface area (Å²) in [6, 6.07) is 13.2. The predicted octanol–water partition coefficient (Wildman–Crippen LogP) is 5.08. The monoisotopic (exact) mass is 387 g/mol. The van der Waals surface area contributed by atoms with E-state index >= 15 is 0 Å². The number of carbonyl (C=O) groups excluding carboxylic acids is 2. The molecule has 0 spiro atoms. The van der Waals surface area contributed by atoms with E-state index < -0.39 is 0 Å². The SMILES string of the molecule is CCSc1ccccc1C(=O)NCc1ccc(C(=O)c2ccsc2)s1. The molecule has 6 heteroatoms. The topological polar surface area (TPSA) is 46.2 Å². The van der Waals surface area contributed by atoms with Crippen molar-refractivity contribution in [3.63, 3.8) is 0 Å². The molecular formula is C19H17NO2S3. The summed E-state index contributed by atoms with van der Waals surface area (Å²) in [5.41, 5.74) is 1.41. The average molecular weight is 388 g/mol. The van der Waals surface area contributed by atoms with Crippen LogP contribution in [-0.4, -0.2) is 17.4 Å². The molecule has 1 amide bonds. The van der Waals surface area contributed by atoms with Gasteiger partial charge in [0, 0.05) is 20.7 Å². The van der Waals surface area contributed by atoms with Crippen molar-refractivity contribution in [3.05, 3.63) is 74.1 Å². The highest BCUT2D eigenvalue weighted by molar-refractivity contribution is 7.99. The maximum Gasteiger partial charge on any atom is 0.252 e. The summed E-state index contributed by atoms with van der Waals surface area (Å²) in [5.74, 6) is 0.868. The van der Waals surface area contributed by atoms with E-state index in [1.807, 2.05) is 53.2 Å². The van der Waals surface area contributed by atoms with Crippen molar-refractivity contribution in [2.75, 3.05) is 5.75 Å². The van der Waals surface area contributed by atoms with Gasteiger partial charge in [0.05, 0.1) is 17.0 Å². The second-order valence-electron chi connectivity index (χ2n) is 5.22. The van der Waals surface area contributed by atoms with Crippen LogP contribution < -0.4 is 5.32 Å². The Labute approximate surface area is 159 Å². The molecule has 0 aliphatic carbocycles. The Morgan fingerprint density at radius 2 is 1.96 bits per heavy atom. The third-order valence-corrected chi connectivity index (χ3v) is 6.25. The molecule has 3 rings (SSSR count). The van der Waals surface area contributed by atoms with Gasteiger partial charge in [-0.25, -0.2) is 0 Å². The number of carbonyl (C=O) groups is 2. The fraction of sp³-hybridized carbons (Fsp3) is 0.158. The molecule has 3 nitrogen and oxygen atoms in total. The Morgan fingerprint density at radius 1 is 1.12 bits per heavy atom. The summed E-state index contributed by atoms with van der Waals surface area (Å²) in [6.07, 6.45) is 0. The Morgan fingerprint density at radius 3 is 2.72 bits per heavy atom. The van der Waals surface area contributed by atoms with Crippen LogP contribution in [0.1, 0.15) is 37.4 Å². The smallest absolute Gasteiger partial charge is 0.252 e. The number of thioether (sulfide) groups is 1. The van der Waals surface area contributed by atoms with Gasteiger partial charge in [-0.1, -0.05) is 19.1 Å². The van der Waals surface area contributed by atoms with Crippen LogP contribution in [0.15, 0.2) is 58.1 Å². The fourth-order valence-electron chi connectivity index (χ4n) is 2.33. The van der Waals surface area contributed by atoms with E-state index in [0.717, 1.165) is 15.5 Å². The quantitative estimate of drug-likeness (QED) is 0.454. The van der Waals surface area contributed by atoms with Crippen LogP contribution in [0.25, 0.3) is 0 Å². The molecule has 0 aliphatic heterocycles. The molecule has 0 fully saturated rings. The van der Waals surface area contributed by atoms with Crippen molar-refractivity contribution in [2.45, 2.75) is 18.4 Å². The zero-order valence-electron chi connectivity index (χ0n) is 13.7. The minimum atomic E-state index is -0.0874. The van der Waals surface area contributed by atoms with Crippen molar-refractivity contribution < 1.29 is 9.59 Å². The summed E-state index contributed by atoms with van der Waals surface area (Å²) >= 11 is 4.59. The van der Waals surface area contributed by atoms with Gasteiger partial charge in [-0.2, -0.15) is 11.3 Å². The molecule has 0 saturated heterocycles. The molecule has 0 saturated carbocycles. The highest BCUT2D eigenvalue weighted by Gasteiger charge is 2.14. The molecule has 2 heterocycles. The van der Waals surface area contributed by atoms with E-state index in [2.05, 4.69) is 12.2 Å². The summed E-state index contributed by atoms with van der Waals surface area (Å²) < 4.78 is 0. The lowest BCUT2D eigenvalue weighted by Gasteiger charge is -2.08. The van der Waals surface area contributed by atoms with E-state index in [1.165, 1.54) is 22.7 Å². The van der Waals surface area contributed by atoms with Crippen LogP contribution in [0.4, 0.5) is 0 Å². The first kappa shape index (κ1) is 17.9. The van der Waals surface area contributed by atoms with E-state index in [-0.39, 0.29) is 11.7 Å². The van der Waals surface area contributed by atoms with E-state index in [1.54, 1.807) is 11.8 Å². The van der Waals surface area contributed by atoms with Gasteiger partial charge in [-0.05, 0) is 41.5 Å². The average Bonchev–Trinajstić information content (AvgIpc) is 3.32. The zero-order valence-corrected chi connectivity index (χ0v) is 16.1. The summed E-state index contributed by atoms with van der Waals surface area (Å²) in [4.78, 5) is 27.4. The lowest BCUT2D eigenvalue weighted by atomic mass is 10.2. The number of amides is 1. The number of ketones is 1. The first-order chi connectivity index (χ1) is 12.2. The van der Waals surface area contributed by atoms with Crippen LogP contribution >= 0.6 is 34.4 Å². The van der Waals surface area contributed by atoms with Gasteiger partial charge in [-0.3, -0.25) is 9.59 Å². The van der Waals surface area contributed by atoms with E-state index in [0.29, 0.717) is 22.5 Å². The number of hydrogen-bond donors (Lipinski definition) is 1. The molecule has 2 aromatic heterocycles. The molecular weight excluding hydrogens is 370 g/mol. The van der Waals surface area contributed by atoms with Gasteiger partial charge in [0.15, 0.2) is 0 Å². The minimum absolute atomic E-state index is 0.0357. The highest BCUT2D eigenvalue weighted by Crippen LogP contribution is 2.23. The Kier molecular flexibility index (Phi) is 6.07. The second-order valence-corrected chi connectivity index (χ2v) is 8.47. The summed E-state index contributed by atoms with van der Waals surface area (Å²) in [6.45, 7) is 2.49. The minimum Gasteiger partial charge on any atom is -0.347 e. The molecule has 0 bridgehead atoms. The first-order valence-electron chi connectivity index (χ1n) is 7.84. The summed E-state index contributed by atoms with van der Waals surface area (Å²) in [7, 11) is 0. The van der Waals surface area contributed by atoms with Crippen LogP contribution in [0.2, 0.25) is 0 Å². The van der Waals surface area contributed by atoms with Crippen molar-refractivity contribution in [1.82, 2.24) is 5.32 Å². The van der Waals surface area contributed by atoms with Crippen LogP contribution in [-0.2, 0) is 6.54 Å². The lowest BCUT2D eigenvalue weighted by molar-refractivity contribution is 0.0948. The van der Waals surface area contributed by atoms with Gasteiger partial charge < -0.3 is 5.32 Å². The van der Waals surface area contributed by atoms with Crippen LogP contribution in [0, 0.1) is 0 Å². The molecule has 128 valence electrons. The van der Waals surface area contributed by atoms with Crippen molar-refractivity contribution in [3.8, 4) is 0 Å². The molecule has 1 aromatic carbocycles. The number of rotatable bonds is 7. The largest absolute Gasteiger partial charge is 0.347 e. The van der Waals surface area contributed by atoms with Crippen LogP contribution in [0.5, 0.6) is 0 Å². The fourth-order valence-corrected chi connectivity index (χ4v) is 4.68. The molecule has 0 radical (unpaired) electrons. The third kappa shape index (κ3) is 4.39. The van der Waals surface area contributed by atoms with Crippen LogP contribution in [0.3, 0.4) is 0 Å². The van der Waals surface area contributed by atoms with Gasteiger partial charge in [-0.15, -0.1) is 23.1 Å². The molecule has 25 heavy (non-hydrogen) atoms. The lowest BCUT2D eigenvalue weighted by Crippen LogP contribution is -2.22. The van der Waals surface area contributed by atoms with Gasteiger partial charge in [0.2, 0.25) is 5.78 Å². The van der Waals surface area contributed by atoms with E-state index in [9.17, 15) is 9.59 Å². The Bertz CT molecular complexity index is 868. The standard InChI is InChI=1S/C19H17NO2S3/c1-2-24-16-6-4-3-5-15(16)19(22)20-11-14-7-8-17(25-14)18(21)13-9-10-23-12-13/h3-10,12H,2,11H2,1H3,(H,20,22). The van der Waals surface area contributed by atoms with Crippen molar-refractivity contribution in [2.24, 2.45) is 0 Å². The predicted molar refractivity (Wildman–Crippen MR) is 106 cm³/mol. The zero-order chi connectivity index (χ0) is 17.6. The molecule has 0 aliphatic rings. The summed E-state index contributed by atoms with van der Waals surface area (Å²) in [5, 5.41) is 6.70.